The number of halogens is 1. The van der Waals surface area contributed by atoms with Gasteiger partial charge in [0.1, 0.15) is 23.0 Å². The molecule has 6 aromatic rings. The summed E-state index contributed by atoms with van der Waals surface area (Å²) in [5.74, 6) is 2.92. The Kier molecular flexibility index (Phi) is 13.6. The molecule has 2 amide bonds. The number of aliphatic hydroxyl groups is 1. The molecule has 0 unspecified atom stereocenters. The first-order valence-corrected chi connectivity index (χ1v) is 24.9. The molecular formula is C54H61IN4O8. The van der Waals surface area contributed by atoms with Gasteiger partial charge in [0.15, 0.2) is 11.2 Å². The van der Waals surface area contributed by atoms with Gasteiger partial charge in [0, 0.05) is 93.6 Å². The van der Waals surface area contributed by atoms with Crippen molar-refractivity contribution in [1.29, 1.82) is 0 Å². The molecule has 12 nitrogen and oxygen atoms in total. The Morgan fingerprint density at radius 2 is 0.985 bits per heavy atom. The second-order valence-electron chi connectivity index (χ2n) is 18.3. The van der Waals surface area contributed by atoms with Gasteiger partial charge in [-0.15, -0.1) is 0 Å². The van der Waals surface area contributed by atoms with E-state index in [-0.39, 0.29) is 11.8 Å². The number of carbonyl (C=O) groups excluding carboxylic acids is 2. The molecule has 0 atom stereocenters. The fourth-order valence-electron chi connectivity index (χ4n) is 9.92. The van der Waals surface area contributed by atoms with Crippen molar-refractivity contribution in [3.63, 3.8) is 0 Å². The molecule has 2 saturated heterocycles. The van der Waals surface area contributed by atoms with E-state index in [1.165, 1.54) is 0 Å². The number of alkyl halides is 1. The Balaban J connectivity index is 0.000000175. The average Bonchev–Trinajstić information content (AvgIpc) is 4.08. The van der Waals surface area contributed by atoms with Crippen LogP contribution in [0.4, 0.5) is 0 Å². The number of benzene rings is 4. The van der Waals surface area contributed by atoms with E-state index in [1.54, 1.807) is 53.4 Å². The predicted octanol–water partition coefficient (Wildman–Crippen LogP) is 10.2. The SMILES string of the molecule is CI.COc1cc(C(=O)N2CCC3(CC2)Oc2ccccc2-n2cccc23)ccc1C(C)(C)O.COc1cc(C(=O)N2CCC3(CC2)Oc2ccccc2-n2cccc23)ccc1C(C)(C)OC. The highest BCUT2D eigenvalue weighted by molar-refractivity contribution is 14.1. The molecule has 6 heterocycles. The Morgan fingerprint density at radius 3 is 1.39 bits per heavy atom. The first-order chi connectivity index (χ1) is 32.2. The predicted molar refractivity (Wildman–Crippen MR) is 268 cm³/mol. The number of amides is 2. The fraction of sp³-hybridized carbons (Fsp3) is 0.370. The van der Waals surface area contributed by atoms with Crippen LogP contribution < -0.4 is 18.9 Å². The van der Waals surface area contributed by atoms with Gasteiger partial charge in [0.2, 0.25) is 0 Å². The number of ether oxygens (including phenoxy) is 5. The van der Waals surface area contributed by atoms with Crippen LogP contribution in [0.3, 0.4) is 0 Å². The number of rotatable bonds is 7. The molecular weight excluding hydrogens is 960 g/mol. The van der Waals surface area contributed by atoms with Gasteiger partial charge in [-0.3, -0.25) is 9.59 Å². The van der Waals surface area contributed by atoms with Crippen molar-refractivity contribution in [2.45, 2.75) is 75.8 Å². The second kappa shape index (κ2) is 19.1. The number of aromatic nitrogens is 2. The third-order valence-electron chi connectivity index (χ3n) is 13.7. The topological polar surface area (TPSA) is 117 Å². The van der Waals surface area contributed by atoms with E-state index >= 15 is 0 Å². The van der Waals surface area contributed by atoms with Gasteiger partial charge >= 0.3 is 0 Å². The van der Waals surface area contributed by atoms with Crippen LogP contribution in [0.2, 0.25) is 0 Å². The summed E-state index contributed by atoms with van der Waals surface area (Å²) in [5.41, 5.74) is 4.75. The normalized spacial score (nSPS) is 16.3. The van der Waals surface area contributed by atoms with Crippen LogP contribution in [0.1, 0.15) is 96.6 Å². The number of piperidine rings is 2. The molecule has 13 heteroatoms. The fourth-order valence-corrected chi connectivity index (χ4v) is 9.92. The van der Waals surface area contributed by atoms with Crippen LogP contribution in [0.25, 0.3) is 11.4 Å². The third-order valence-corrected chi connectivity index (χ3v) is 13.7. The number of likely N-dealkylation sites (tertiary alicyclic amines) is 2. The quantitative estimate of drug-likeness (QED) is 0.124. The Labute approximate surface area is 407 Å². The minimum atomic E-state index is -1.05. The van der Waals surface area contributed by atoms with Crippen molar-refractivity contribution in [2.75, 3.05) is 52.4 Å². The molecule has 2 aromatic heterocycles. The van der Waals surface area contributed by atoms with Crippen LogP contribution >= 0.6 is 22.6 Å². The van der Waals surface area contributed by atoms with Crippen LogP contribution in [-0.4, -0.2) is 88.3 Å². The third kappa shape index (κ3) is 8.93. The number of nitrogens with zero attached hydrogens (tertiary/aromatic N) is 4. The van der Waals surface area contributed by atoms with E-state index in [2.05, 4.69) is 80.5 Å². The standard InChI is InChI=1S/C27H30N2O4.C26H28N2O4.CH3I/c1-26(2,32-4)20-12-11-19(18-23(20)31-3)25(30)28-16-13-27(14-17-28)24-10-7-15-29(24)21-8-5-6-9-22(21)33-27;1-25(2,30)19-11-10-18(17-22(19)31-3)24(29)27-15-12-26(13-16-27)23-9-6-14-28(23)20-7-4-5-8-21(20)32-26;1-2/h5-12,15,18H,13-14,16-17H2,1-4H3;4-11,14,17,30H,12-13,15-16H2,1-3H3;1H3. The highest BCUT2D eigenvalue weighted by atomic mass is 127. The molecule has 2 spiro atoms. The number of hydrogen-bond donors (Lipinski definition) is 1. The summed E-state index contributed by atoms with van der Waals surface area (Å²) in [6.07, 6.45) is 7.08. The van der Waals surface area contributed by atoms with Gasteiger partial charge in [-0.2, -0.15) is 0 Å². The van der Waals surface area contributed by atoms with Gasteiger partial charge in [0.05, 0.1) is 48.2 Å². The van der Waals surface area contributed by atoms with Crippen molar-refractivity contribution < 1.29 is 38.4 Å². The molecule has 352 valence electrons. The lowest BCUT2D eigenvalue weighted by atomic mass is 9.86. The van der Waals surface area contributed by atoms with E-state index < -0.39 is 22.4 Å². The largest absolute Gasteiger partial charge is 0.496 e. The Morgan fingerprint density at radius 1 is 0.582 bits per heavy atom. The van der Waals surface area contributed by atoms with E-state index in [0.29, 0.717) is 54.4 Å². The molecule has 67 heavy (non-hydrogen) atoms. The van der Waals surface area contributed by atoms with Crippen LogP contribution in [-0.2, 0) is 27.1 Å². The van der Waals surface area contributed by atoms with Crippen molar-refractivity contribution in [2.24, 2.45) is 0 Å². The molecule has 4 aliphatic rings. The maximum absolute atomic E-state index is 13.4. The molecule has 0 aliphatic carbocycles. The molecule has 0 radical (unpaired) electrons. The summed E-state index contributed by atoms with van der Waals surface area (Å²) in [6.45, 7) is 9.81. The number of carbonyl (C=O) groups is 2. The molecule has 4 aliphatic heterocycles. The summed E-state index contributed by atoms with van der Waals surface area (Å²) in [7, 11) is 4.85. The minimum Gasteiger partial charge on any atom is -0.496 e. The summed E-state index contributed by atoms with van der Waals surface area (Å²) in [5, 5.41) is 10.4. The van der Waals surface area contributed by atoms with Gasteiger partial charge < -0.3 is 47.7 Å². The number of fused-ring (bicyclic) bond motifs is 8. The van der Waals surface area contributed by atoms with Crippen molar-refractivity contribution in [3.05, 3.63) is 155 Å². The smallest absolute Gasteiger partial charge is 0.253 e. The maximum Gasteiger partial charge on any atom is 0.253 e. The summed E-state index contributed by atoms with van der Waals surface area (Å²) < 4.78 is 34.2. The summed E-state index contributed by atoms with van der Waals surface area (Å²) in [6, 6.07) is 35.4. The van der Waals surface area contributed by atoms with Crippen molar-refractivity contribution in [3.8, 4) is 34.4 Å². The first kappa shape index (κ1) is 47.7. The van der Waals surface area contributed by atoms with Gasteiger partial charge in [-0.1, -0.05) is 59.0 Å². The van der Waals surface area contributed by atoms with Gasteiger partial charge in [0.25, 0.3) is 11.8 Å². The van der Waals surface area contributed by atoms with Crippen molar-refractivity contribution in [1.82, 2.24) is 18.9 Å². The zero-order valence-electron chi connectivity index (χ0n) is 39.7. The molecule has 4 aromatic carbocycles. The molecule has 0 bridgehead atoms. The maximum atomic E-state index is 13.4. The monoisotopic (exact) mass is 1020 g/mol. The molecule has 10 rings (SSSR count). The minimum absolute atomic E-state index is 0.0107. The lowest BCUT2D eigenvalue weighted by molar-refractivity contribution is -0.00979. The molecule has 1 N–H and O–H groups in total. The lowest BCUT2D eigenvalue weighted by Gasteiger charge is -2.45. The lowest BCUT2D eigenvalue weighted by Crippen LogP contribution is -2.50. The summed E-state index contributed by atoms with van der Waals surface area (Å²) >= 11 is 2.15. The zero-order valence-corrected chi connectivity index (χ0v) is 41.8. The Bertz CT molecular complexity index is 2740. The molecule has 2 fully saturated rings. The van der Waals surface area contributed by atoms with Crippen LogP contribution in [0.15, 0.2) is 122 Å². The molecule has 0 saturated carbocycles. The highest BCUT2D eigenvalue weighted by Crippen LogP contribution is 2.47. The summed E-state index contributed by atoms with van der Waals surface area (Å²) in [4.78, 5) is 32.4. The van der Waals surface area contributed by atoms with E-state index in [9.17, 15) is 14.7 Å². The Hall–Kier alpha value is -5.77. The number of para-hydroxylation sites is 4. The van der Waals surface area contributed by atoms with E-state index in [0.717, 1.165) is 65.5 Å². The van der Waals surface area contributed by atoms with Gasteiger partial charge in [-0.25, -0.2) is 0 Å². The number of methoxy groups -OCH3 is 3. The highest BCUT2D eigenvalue weighted by Gasteiger charge is 2.46. The van der Waals surface area contributed by atoms with E-state index in [1.807, 2.05) is 83.2 Å². The zero-order chi connectivity index (χ0) is 47.7. The van der Waals surface area contributed by atoms with Crippen LogP contribution in [0, 0.1) is 0 Å². The second-order valence-corrected chi connectivity index (χ2v) is 18.3. The van der Waals surface area contributed by atoms with E-state index in [4.69, 9.17) is 23.7 Å². The van der Waals surface area contributed by atoms with Crippen molar-refractivity contribution >= 4 is 34.4 Å². The van der Waals surface area contributed by atoms with Crippen LogP contribution in [0.5, 0.6) is 23.0 Å². The first-order valence-electron chi connectivity index (χ1n) is 22.7. The number of hydrogen-bond acceptors (Lipinski definition) is 8. The van der Waals surface area contributed by atoms with Gasteiger partial charge in [-0.05, 0) is 105 Å². The average molecular weight is 1020 g/mol.